The molecule has 0 atom stereocenters. The Labute approximate surface area is 350 Å². The van der Waals surface area contributed by atoms with E-state index in [1.165, 1.54) is 77.1 Å². The first kappa shape index (κ1) is 35.2. The van der Waals surface area contributed by atoms with Gasteiger partial charge in [-0.05, 0) is 116 Å². The van der Waals surface area contributed by atoms with E-state index in [9.17, 15) is 0 Å². The van der Waals surface area contributed by atoms with E-state index >= 15 is 0 Å². The number of anilines is 3. The molecular weight excluding hydrogens is 725 g/mol. The molecule has 0 spiro atoms. The first-order valence-corrected chi connectivity index (χ1v) is 20.6. The molecule has 0 N–H and O–H groups in total. The van der Waals surface area contributed by atoms with Crippen LogP contribution in [0.4, 0.5) is 17.1 Å². The fraction of sp³-hybridized carbons (Fsp3) is 0. The molecule has 0 aliphatic heterocycles. The quantitative estimate of drug-likeness (QED) is 0.150. The highest BCUT2D eigenvalue weighted by molar-refractivity contribution is 6.09. The molecule has 0 fully saturated rings. The third kappa shape index (κ3) is 6.41. The Balaban J connectivity index is 0.930. The van der Waals surface area contributed by atoms with Crippen molar-refractivity contribution in [3.8, 4) is 50.2 Å². The summed E-state index contributed by atoms with van der Waals surface area (Å²) in [6, 6.07) is 87.7. The van der Waals surface area contributed by atoms with Crippen LogP contribution < -0.4 is 4.90 Å². The lowest BCUT2D eigenvalue weighted by Gasteiger charge is -2.26. The largest absolute Gasteiger partial charge is 0.311 e. The molecule has 0 unspecified atom stereocenters. The van der Waals surface area contributed by atoms with Gasteiger partial charge < -0.3 is 9.47 Å². The van der Waals surface area contributed by atoms with E-state index < -0.39 is 0 Å². The Bertz CT molecular complexity index is 3210. The molecule has 0 aliphatic rings. The summed E-state index contributed by atoms with van der Waals surface area (Å²) >= 11 is 0. The van der Waals surface area contributed by atoms with Crippen LogP contribution in [-0.4, -0.2) is 4.57 Å². The van der Waals surface area contributed by atoms with Crippen molar-refractivity contribution in [3.63, 3.8) is 0 Å². The van der Waals surface area contributed by atoms with E-state index in [4.69, 9.17) is 0 Å². The molecule has 0 aliphatic carbocycles. The SMILES string of the molecule is c1ccc(-c2ccc(N(c3ccc(-c4ccc(-c5cccc6ccccc56)cc4)cc3)c3ccc(-c4cccc(-n5c6ccccc6c6ccccc65)c4)cc3)cc2)cc1. The van der Waals surface area contributed by atoms with Crippen molar-refractivity contribution < 1.29 is 0 Å². The van der Waals surface area contributed by atoms with E-state index in [1.807, 2.05) is 0 Å². The minimum absolute atomic E-state index is 1.09. The van der Waals surface area contributed by atoms with Gasteiger partial charge in [0.1, 0.15) is 0 Å². The predicted octanol–water partition coefficient (Wildman–Crippen LogP) is 16.1. The van der Waals surface area contributed by atoms with E-state index in [0.717, 1.165) is 22.7 Å². The standard InChI is InChI=1S/C58H40N2/c1-2-12-41(13-3-1)43-28-34-49(35-29-43)59(50-36-30-44(31-37-50)42-24-26-47(27-25-42)54-21-11-15-46-14-4-5-18-53(46)54)51-38-32-45(33-39-51)48-16-10-17-52(40-48)60-57-22-8-6-19-55(57)56-20-7-9-23-58(56)60/h1-40H. The second kappa shape index (κ2) is 15.1. The summed E-state index contributed by atoms with van der Waals surface area (Å²) in [6.07, 6.45) is 0. The van der Waals surface area contributed by atoms with Crippen molar-refractivity contribution >= 4 is 49.6 Å². The Morgan fingerprint density at radius 3 is 1.25 bits per heavy atom. The van der Waals surface area contributed by atoms with Crippen LogP contribution in [0.25, 0.3) is 82.8 Å². The molecular formula is C58H40N2. The number of rotatable bonds is 8. The van der Waals surface area contributed by atoms with Gasteiger partial charge in [0.15, 0.2) is 0 Å². The maximum atomic E-state index is 2.38. The molecule has 0 radical (unpaired) electrons. The van der Waals surface area contributed by atoms with Gasteiger partial charge in [-0.2, -0.15) is 0 Å². The van der Waals surface area contributed by atoms with Gasteiger partial charge in [-0.25, -0.2) is 0 Å². The summed E-state index contributed by atoms with van der Waals surface area (Å²) < 4.78 is 2.38. The molecule has 11 aromatic rings. The fourth-order valence-electron chi connectivity index (χ4n) is 8.83. The van der Waals surface area contributed by atoms with Crippen LogP contribution in [0.15, 0.2) is 243 Å². The zero-order chi connectivity index (χ0) is 39.8. The highest BCUT2D eigenvalue weighted by atomic mass is 15.1. The monoisotopic (exact) mass is 764 g/mol. The zero-order valence-corrected chi connectivity index (χ0v) is 33.0. The van der Waals surface area contributed by atoms with Crippen LogP contribution in [0.5, 0.6) is 0 Å². The van der Waals surface area contributed by atoms with E-state index in [2.05, 4.69) is 252 Å². The smallest absolute Gasteiger partial charge is 0.0541 e. The van der Waals surface area contributed by atoms with E-state index in [-0.39, 0.29) is 0 Å². The molecule has 2 heteroatoms. The summed E-state index contributed by atoms with van der Waals surface area (Å²) in [6.45, 7) is 0. The van der Waals surface area contributed by atoms with Crippen LogP contribution in [0.1, 0.15) is 0 Å². The number of para-hydroxylation sites is 2. The number of aromatic nitrogens is 1. The Hall–Kier alpha value is -7.94. The van der Waals surface area contributed by atoms with Crippen molar-refractivity contribution in [2.24, 2.45) is 0 Å². The molecule has 2 nitrogen and oxygen atoms in total. The third-order valence-corrected chi connectivity index (χ3v) is 11.8. The van der Waals surface area contributed by atoms with E-state index in [0.29, 0.717) is 0 Å². The normalized spacial score (nSPS) is 11.3. The molecule has 0 saturated carbocycles. The minimum atomic E-state index is 1.09. The lowest BCUT2D eigenvalue weighted by molar-refractivity contribution is 1.18. The third-order valence-electron chi connectivity index (χ3n) is 11.8. The van der Waals surface area contributed by atoms with Gasteiger partial charge in [0, 0.05) is 33.5 Å². The molecule has 0 amide bonds. The molecule has 11 rings (SSSR count). The van der Waals surface area contributed by atoms with Gasteiger partial charge in [0.25, 0.3) is 0 Å². The van der Waals surface area contributed by atoms with Crippen molar-refractivity contribution in [1.82, 2.24) is 4.57 Å². The number of nitrogens with zero attached hydrogens (tertiary/aromatic N) is 2. The van der Waals surface area contributed by atoms with E-state index in [1.54, 1.807) is 0 Å². The molecule has 60 heavy (non-hydrogen) atoms. The molecule has 1 heterocycles. The topological polar surface area (TPSA) is 8.17 Å². The zero-order valence-electron chi connectivity index (χ0n) is 33.0. The Kier molecular flexibility index (Phi) is 8.87. The number of hydrogen-bond acceptors (Lipinski definition) is 1. The summed E-state index contributed by atoms with van der Waals surface area (Å²) in [5.41, 5.74) is 16.5. The van der Waals surface area contributed by atoms with Gasteiger partial charge in [-0.1, -0.05) is 182 Å². The minimum Gasteiger partial charge on any atom is -0.311 e. The molecule has 0 bridgehead atoms. The second-order valence-corrected chi connectivity index (χ2v) is 15.4. The van der Waals surface area contributed by atoms with Crippen LogP contribution in [0.3, 0.4) is 0 Å². The predicted molar refractivity (Wildman–Crippen MR) is 255 cm³/mol. The summed E-state index contributed by atoms with van der Waals surface area (Å²) in [4.78, 5) is 2.35. The average Bonchev–Trinajstić information content (AvgIpc) is 3.67. The summed E-state index contributed by atoms with van der Waals surface area (Å²) in [7, 11) is 0. The first-order chi connectivity index (χ1) is 29.7. The van der Waals surface area contributed by atoms with Gasteiger partial charge in [-0.15, -0.1) is 0 Å². The highest BCUT2D eigenvalue weighted by Crippen LogP contribution is 2.39. The van der Waals surface area contributed by atoms with Gasteiger partial charge in [-0.3, -0.25) is 0 Å². The van der Waals surface area contributed by atoms with Crippen molar-refractivity contribution in [3.05, 3.63) is 243 Å². The lowest BCUT2D eigenvalue weighted by Crippen LogP contribution is -2.09. The highest BCUT2D eigenvalue weighted by Gasteiger charge is 2.16. The summed E-state index contributed by atoms with van der Waals surface area (Å²) in [5.74, 6) is 0. The van der Waals surface area contributed by atoms with Gasteiger partial charge in [0.05, 0.1) is 11.0 Å². The second-order valence-electron chi connectivity index (χ2n) is 15.4. The fourth-order valence-corrected chi connectivity index (χ4v) is 8.83. The Morgan fingerprint density at radius 2 is 0.667 bits per heavy atom. The number of hydrogen-bond donors (Lipinski definition) is 0. The van der Waals surface area contributed by atoms with Crippen molar-refractivity contribution in [2.45, 2.75) is 0 Å². The maximum absolute atomic E-state index is 2.38. The molecule has 0 saturated heterocycles. The molecule has 10 aromatic carbocycles. The van der Waals surface area contributed by atoms with Crippen molar-refractivity contribution in [2.75, 3.05) is 4.90 Å². The van der Waals surface area contributed by atoms with Crippen molar-refractivity contribution in [1.29, 1.82) is 0 Å². The first-order valence-electron chi connectivity index (χ1n) is 20.6. The summed E-state index contributed by atoms with van der Waals surface area (Å²) in [5, 5.41) is 5.06. The maximum Gasteiger partial charge on any atom is 0.0541 e. The Morgan fingerprint density at radius 1 is 0.267 bits per heavy atom. The molecule has 1 aromatic heterocycles. The number of benzene rings is 10. The van der Waals surface area contributed by atoms with Gasteiger partial charge >= 0.3 is 0 Å². The number of fused-ring (bicyclic) bond motifs is 4. The lowest BCUT2D eigenvalue weighted by atomic mass is 9.96. The van der Waals surface area contributed by atoms with Crippen LogP contribution >= 0.6 is 0 Å². The molecule has 282 valence electrons. The van der Waals surface area contributed by atoms with Gasteiger partial charge in [0.2, 0.25) is 0 Å². The van der Waals surface area contributed by atoms with Crippen LogP contribution in [0.2, 0.25) is 0 Å². The van der Waals surface area contributed by atoms with Crippen LogP contribution in [-0.2, 0) is 0 Å². The van der Waals surface area contributed by atoms with Crippen LogP contribution in [0, 0.1) is 0 Å². The average molecular weight is 765 g/mol.